The molecule has 0 radical (unpaired) electrons. The van der Waals surface area contributed by atoms with Crippen LogP contribution in [-0.4, -0.2) is 48.1 Å². The van der Waals surface area contributed by atoms with Gasteiger partial charge in [0, 0.05) is 74.4 Å². The van der Waals surface area contributed by atoms with E-state index in [1.165, 1.54) is 12.1 Å². The molecule has 0 unspecified atom stereocenters. The maximum absolute atomic E-state index is 14.8. The number of halogens is 3. The Balaban J connectivity index is 1.43. The Kier molecular flexibility index (Phi) is 6.82. The zero-order chi connectivity index (χ0) is 26.1. The molecular formula is C27H29F3N6O. The lowest BCUT2D eigenvalue weighted by molar-refractivity contribution is 0.146. The number of hydrogen-bond donors (Lipinski definition) is 1. The SMILES string of the molecule is COc1cc2nccc(N[C@H](C)c3cccc(C(F)F)c3F)c2cc1N1CCN(c2ccn(C)n2)CC1. The summed E-state index contributed by atoms with van der Waals surface area (Å²) < 4.78 is 48.8. The normalized spacial score (nSPS) is 14.9. The summed E-state index contributed by atoms with van der Waals surface area (Å²) in [4.78, 5) is 9.01. The van der Waals surface area contributed by atoms with Crippen LogP contribution in [0.15, 0.2) is 54.9 Å². The topological polar surface area (TPSA) is 58.5 Å². The van der Waals surface area contributed by atoms with E-state index in [4.69, 9.17) is 4.74 Å². The molecular weight excluding hydrogens is 481 g/mol. The molecule has 1 fully saturated rings. The Hall–Kier alpha value is -3.95. The van der Waals surface area contributed by atoms with Crippen molar-refractivity contribution < 1.29 is 17.9 Å². The van der Waals surface area contributed by atoms with Gasteiger partial charge in [-0.15, -0.1) is 0 Å². The Morgan fingerprint density at radius 1 is 1.00 bits per heavy atom. The van der Waals surface area contributed by atoms with Gasteiger partial charge in [-0.25, -0.2) is 13.2 Å². The van der Waals surface area contributed by atoms with E-state index in [0.29, 0.717) is 11.3 Å². The van der Waals surface area contributed by atoms with Crippen LogP contribution in [0.1, 0.15) is 30.5 Å². The molecule has 1 saturated heterocycles. The molecule has 7 nitrogen and oxygen atoms in total. The number of rotatable bonds is 7. The van der Waals surface area contributed by atoms with Crippen LogP contribution in [0.3, 0.4) is 0 Å². The largest absolute Gasteiger partial charge is 0.495 e. The summed E-state index contributed by atoms with van der Waals surface area (Å²) in [7, 11) is 3.54. The highest BCUT2D eigenvalue weighted by Crippen LogP contribution is 2.37. The van der Waals surface area contributed by atoms with Gasteiger partial charge in [0.1, 0.15) is 11.6 Å². The summed E-state index contributed by atoms with van der Waals surface area (Å²) in [5.41, 5.74) is 1.97. The van der Waals surface area contributed by atoms with Gasteiger partial charge in [0.2, 0.25) is 0 Å². The minimum absolute atomic E-state index is 0.183. The third-order valence-corrected chi connectivity index (χ3v) is 6.82. The number of piperazine rings is 1. The Bertz CT molecular complexity index is 1400. The molecule has 3 heterocycles. The van der Waals surface area contributed by atoms with E-state index < -0.39 is 23.8 Å². The summed E-state index contributed by atoms with van der Waals surface area (Å²) in [5.74, 6) is 0.789. The van der Waals surface area contributed by atoms with Crippen LogP contribution < -0.4 is 19.9 Å². The molecule has 1 aliphatic rings. The van der Waals surface area contributed by atoms with Gasteiger partial charge in [-0.1, -0.05) is 18.2 Å². The first-order valence-electron chi connectivity index (χ1n) is 12.1. The number of ether oxygens (including phenoxy) is 1. The number of alkyl halides is 2. The molecule has 5 rings (SSSR count). The van der Waals surface area contributed by atoms with Crippen LogP contribution in [0, 0.1) is 5.82 Å². The molecule has 1 N–H and O–H groups in total. The van der Waals surface area contributed by atoms with Crippen LogP contribution >= 0.6 is 0 Å². The van der Waals surface area contributed by atoms with Crippen molar-refractivity contribution in [2.45, 2.75) is 19.4 Å². The maximum atomic E-state index is 14.8. The van der Waals surface area contributed by atoms with Crippen LogP contribution in [0.2, 0.25) is 0 Å². The second-order valence-corrected chi connectivity index (χ2v) is 9.14. The van der Waals surface area contributed by atoms with Crippen molar-refractivity contribution in [3.8, 4) is 5.75 Å². The molecule has 0 spiro atoms. The molecule has 0 amide bonds. The molecule has 2 aromatic carbocycles. The van der Waals surface area contributed by atoms with Gasteiger partial charge in [-0.2, -0.15) is 5.10 Å². The lowest BCUT2D eigenvalue weighted by Crippen LogP contribution is -2.46. The first-order valence-corrected chi connectivity index (χ1v) is 12.1. The number of aromatic nitrogens is 3. The van der Waals surface area contributed by atoms with E-state index in [-0.39, 0.29) is 5.56 Å². The number of fused-ring (bicyclic) bond motifs is 1. The van der Waals surface area contributed by atoms with Gasteiger partial charge in [0.15, 0.2) is 5.82 Å². The summed E-state index contributed by atoms with van der Waals surface area (Å²) in [5, 5.41) is 8.65. The van der Waals surface area contributed by atoms with Crippen molar-refractivity contribution in [2.24, 2.45) is 7.05 Å². The number of methoxy groups -OCH3 is 1. The first-order chi connectivity index (χ1) is 17.9. The Morgan fingerprint density at radius 3 is 2.41 bits per heavy atom. The van der Waals surface area contributed by atoms with Crippen LogP contribution in [0.5, 0.6) is 5.75 Å². The lowest BCUT2D eigenvalue weighted by atomic mass is 10.0. The van der Waals surface area contributed by atoms with Crippen molar-refractivity contribution in [3.63, 3.8) is 0 Å². The fourth-order valence-corrected chi connectivity index (χ4v) is 4.83. The lowest BCUT2D eigenvalue weighted by Gasteiger charge is -2.37. The second kappa shape index (κ2) is 10.2. The van der Waals surface area contributed by atoms with Crippen LogP contribution in [0.25, 0.3) is 10.9 Å². The second-order valence-electron chi connectivity index (χ2n) is 9.14. The van der Waals surface area contributed by atoms with E-state index in [0.717, 1.165) is 54.8 Å². The van der Waals surface area contributed by atoms with E-state index in [9.17, 15) is 13.2 Å². The Labute approximate surface area is 213 Å². The number of aryl methyl sites for hydroxylation is 1. The molecule has 10 heteroatoms. The highest BCUT2D eigenvalue weighted by molar-refractivity contribution is 5.95. The molecule has 4 aromatic rings. The van der Waals surface area contributed by atoms with E-state index in [2.05, 4.69) is 25.2 Å². The first kappa shape index (κ1) is 24.7. The minimum Gasteiger partial charge on any atom is -0.495 e. The van der Waals surface area contributed by atoms with Gasteiger partial charge in [-0.05, 0) is 19.1 Å². The number of pyridine rings is 1. The molecule has 194 valence electrons. The smallest absolute Gasteiger partial charge is 0.266 e. The zero-order valence-electron chi connectivity index (χ0n) is 21.0. The molecule has 2 aromatic heterocycles. The van der Waals surface area contributed by atoms with Crippen molar-refractivity contribution in [3.05, 3.63) is 71.8 Å². The number of nitrogens with zero attached hydrogens (tertiary/aromatic N) is 5. The summed E-state index contributed by atoms with van der Waals surface area (Å²) in [6, 6.07) is 11.3. The van der Waals surface area contributed by atoms with E-state index in [1.807, 2.05) is 37.5 Å². The van der Waals surface area contributed by atoms with Gasteiger partial charge < -0.3 is 19.9 Å². The zero-order valence-corrected chi connectivity index (χ0v) is 21.0. The highest BCUT2D eigenvalue weighted by atomic mass is 19.3. The van der Waals surface area contributed by atoms with Gasteiger partial charge in [0.25, 0.3) is 6.43 Å². The Morgan fingerprint density at radius 2 is 1.73 bits per heavy atom. The molecule has 1 atom stereocenters. The highest BCUT2D eigenvalue weighted by Gasteiger charge is 2.23. The maximum Gasteiger partial charge on any atom is 0.266 e. The average Bonchev–Trinajstić information content (AvgIpc) is 3.34. The summed E-state index contributed by atoms with van der Waals surface area (Å²) >= 11 is 0. The van der Waals surface area contributed by atoms with Crippen molar-refractivity contribution in [2.75, 3.05) is 48.4 Å². The monoisotopic (exact) mass is 510 g/mol. The van der Waals surface area contributed by atoms with E-state index >= 15 is 0 Å². The van der Waals surface area contributed by atoms with Crippen LogP contribution in [-0.2, 0) is 7.05 Å². The predicted octanol–water partition coefficient (Wildman–Crippen LogP) is 5.55. The molecule has 0 saturated carbocycles. The molecule has 0 aliphatic carbocycles. The molecule has 1 aliphatic heterocycles. The van der Waals surface area contributed by atoms with Crippen molar-refractivity contribution in [1.82, 2.24) is 14.8 Å². The summed E-state index contributed by atoms with van der Waals surface area (Å²) in [6.07, 6.45) is 0.724. The fourth-order valence-electron chi connectivity index (χ4n) is 4.83. The number of anilines is 3. The minimum atomic E-state index is -2.87. The summed E-state index contributed by atoms with van der Waals surface area (Å²) in [6.45, 7) is 4.94. The van der Waals surface area contributed by atoms with Crippen molar-refractivity contribution >= 4 is 28.1 Å². The third-order valence-electron chi connectivity index (χ3n) is 6.82. The predicted molar refractivity (Wildman–Crippen MR) is 139 cm³/mol. The number of hydrogen-bond acceptors (Lipinski definition) is 6. The standard InChI is InChI=1S/C27H29F3N6O/c1-17(18-5-4-6-19(26(18)28)27(29)30)32-21-7-9-31-22-16-24(37-3)23(15-20(21)22)35-11-13-36(14-12-35)25-8-10-34(2)33-25/h4-10,15-17,27H,11-14H2,1-3H3,(H,31,32)/t17-/m1/s1. The van der Waals surface area contributed by atoms with E-state index in [1.54, 1.807) is 24.9 Å². The molecule has 0 bridgehead atoms. The van der Waals surface area contributed by atoms with Crippen LogP contribution in [0.4, 0.5) is 30.4 Å². The van der Waals surface area contributed by atoms with Crippen molar-refractivity contribution in [1.29, 1.82) is 0 Å². The third kappa shape index (κ3) is 4.87. The van der Waals surface area contributed by atoms with Gasteiger partial charge >= 0.3 is 0 Å². The fraction of sp³-hybridized carbons (Fsp3) is 0.333. The number of nitrogens with one attached hydrogen (secondary N) is 1. The quantitative estimate of drug-likeness (QED) is 0.352. The number of benzene rings is 2. The van der Waals surface area contributed by atoms with Gasteiger partial charge in [0.05, 0.1) is 29.9 Å². The average molecular weight is 511 g/mol. The molecule has 37 heavy (non-hydrogen) atoms. The van der Waals surface area contributed by atoms with Gasteiger partial charge in [-0.3, -0.25) is 9.67 Å².